The standard InChI is InChI=1S/C18H29FN2/c1-6-21(12-15(4)5)13-17-9-16(7-8-18(17)19)11-20-10-14(2)3/h7-9,14,20H,4,6,10-13H2,1-3,5H3. The van der Waals surface area contributed by atoms with E-state index in [0.29, 0.717) is 12.5 Å². The first-order chi connectivity index (χ1) is 9.92. The van der Waals surface area contributed by atoms with E-state index >= 15 is 0 Å². The summed E-state index contributed by atoms with van der Waals surface area (Å²) in [6.07, 6.45) is 0. The third-order valence-electron chi connectivity index (χ3n) is 3.33. The van der Waals surface area contributed by atoms with Gasteiger partial charge in [-0.05, 0) is 37.6 Å². The zero-order valence-electron chi connectivity index (χ0n) is 13.9. The van der Waals surface area contributed by atoms with Crippen LogP contribution in [-0.4, -0.2) is 24.5 Å². The monoisotopic (exact) mass is 292 g/mol. The Morgan fingerprint density at radius 1 is 1.38 bits per heavy atom. The number of halogens is 1. The normalized spacial score (nSPS) is 11.4. The average molecular weight is 292 g/mol. The number of benzene rings is 1. The third kappa shape index (κ3) is 6.87. The van der Waals surface area contributed by atoms with Gasteiger partial charge in [-0.2, -0.15) is 0 Å². The van der Waals surface area contributed by atoms with Gasteiger partial charge in [-0.25, -0.2) is 4.39 Å². The molecule has 0 aliphatic rings. The van der Waals surface area contributed by atoms with E-state index in [-0.39, 0.29) is 5.82 Å². The van der Waals surface area contributed by atoms with Gasteiger partial charge >= 0.3 is 0 Å². The van der Waals surface area contributed by atoms with Crippen LogP contribution >= 0.6 is 0 Å². The van der Waals surface area contributed by atoms with Crippen molar-refractivity contribution in [3.63, 3.8) is 0 Å². The summed E-state index contributed by atoms with van der Waals surface area (Å²) < 4.78 is 14.0. The van der Waals surface area contributed by atoms with E-state index < -0.39 is 0 Å². The van der Waals surface area contributed by atoms with Gasteiger partial charge in [0.25, 0.3) is 0 Å². The van der Waals surface area contributed by atoms with Crippen molar-refractivity contribution >= 4 is 0 Å². The minimum absolute atomic E-state index is 0.122. The second-order valence-electron chi connectivity index (χ2n) is 6.21. The molecule has 0 aliphatic heterocycles. The fraction of sp³-hybridized carbons (Fsp3) is 0.556. The van der Waals surface area contributed by atoms with Crippen LogP contribution in [0.2, 0.25) is 0 Å². The van der Waals surface area contributed by atoms with Crippen LogP contribution in [0, 0.1) is 11.7 Å². The summed E-state index contributed by atoms with van der Waals surface area (Å²) in [4.78, 5) is 2.20. The van der Waals surface area contributed by atoms with Gasteiger partial charge in [-0.3, -0.25) is 4.90 Å². The van der Waals surface area contributed by atoms with E-state index in [0.717, 1.165) is 42.9 Å². The molecule has 0 spiro atoms. The summed E-state index contributed by atoms with van der Waals surface area (Å²) in [6, 6.07) is 5.42. The van der Waals surface area contributed by atoms with E-state index in [1.165, 1.54) is 0 Å². The molecule has 0 saturated carbocycles. The summed E-state index contributed by atoms with van der Waals surface area (Å²) in [7, 11) is 0. The molecule has 0 bridgehead atoms. The Bertz CT molecular complexity index is 455. The molecule has 0 saturated heterocycles. The largest absolute Gasteiger partial charge is 0.312 e. The lowest BCUT2D eigenvalue weighted by Gasteiger charge is -2.21. The molecule has 1 aromatic carbocycles. The first kappa shape index (κ1) is 17.9. The van der Waals surface area contributed by atoms with Gasteiger partial charge < -0.3 is 5.32 Å². The van der Waals surface area contributed by atoms with Crippen molar-refractivity contribution in [1.82, 2.24) is 10.2 Å². The molecule has 0 atom stereocenters. The van der Waals surface area contributed by atoms with Gasteiger partial charge in [-0.15, -0.1) is 0 Å². The van der Waals surface area contributed by atoms with Crippen LogP contribution in [0.4, 0.5) is 4.39 Å². The molecule has 1 aromatic rings. The van der Waals surface area contributed by atoms with Gasteiger partial charge in [0, 0.05) is 25.2 Å². The highest BCUT2D eigenvalue weighted by atomic mass is 19.1. The second kappa shape index (κ2) is 8.96. The first-order valence-corrected chi connectivity index (χ1v) is 7.77. The van der Waals surface area contributed by atoms with Gasteiger partial charge in [0.1, 0.15) is 5.82 Å². The molecule has 21 heavy (non-hydrogen) atoms. The maximum absolute atomic E-state index is 14.0. The van der Waals surface area contributed by atoms with Crippen LogP contribution in [-0.2, 0) is 13.1 Å². The quantitative estimate of drug-likeness (QED) is 0.693. The summed E-state index contributed by atoms with van der Waals surface area (Å²) in [5.41, 5.74) is 3.01. The Labute approximate surface area is 129 Å². The van der Waals surface area contributed by atoms with Crippen molar-refractivity contribution in [3.8, 4) is 0 Å². The maximum atomic E-state index is 14.0. The van der Waals surface area contributed by atoms with Crippen molar-refractivity contribution in [2.24, 2.45) is 5.92 Å². The lowest BCUT2D eigenvalue weighted by atomic mass is 10.1. The highest BCUT2D eigenvalue weighted by Gasteiger charge is 2.09. The zero-order valence-corrected chi connectivity index (χ0v) is 13.9. The number of nitrogens with zero attached hydrogens (tertiary/aromatic N) is 1. The number of rotatable bonds is 9. The predicted molar refractivity (Wildman–Crippen MR) is 88.7 cm³/mol. The molecular formula is C18H29FN2. The van der Waals surface area contributed by atoms with E-state index in [2.05, 4.69) is 37.6 Å². The third-order valence-corrected chi connectivity index (χ3v) is 3.33. The molecule has 0 radical (unpaired) electrons. The summed E-state index contributed by atoms with van der Waals surface area (Å²) in [5.74, 6) is 0.499. The summed E-state index contributed by atoms with van der Waals surface area (Å²) in [5, 5.41) is 3.40. The molecule has 3 heteroatoms. The van der Waals surface area contributed by atoms with E-state index in [1.807, 2.05) is 19.1 Å². The van der Waals surface area contributed by atoms with Crippen molar-refractivity contribution in [2.45, 2.75) is 40.8 Å². The fourth-order valence-corrected chi connectivity index (χ4v) is 2.27. The predicted octanol–water partition coefficient (Wildman–Crippen LogP) is 3.97. The average Bonchev–Trinajstić information content (AvgIpc) is 2.40. The minimum atomic E-state index is -0.122. The number of likely N-dealkylation sites (N-methyl/N-ethyl adjacent to an activating group) is 1. The van der Waals surface area contributed by atoms with Crippen LogP contribution in [0.3, 0.4) is 0 Å². The molecule has 2 nitrogen and oxygen atoms in total. The zero-order chi connectivity index (χ0) is 15.8. The molecule has 1 N–H and O–H groups in total. The smallest absolute Gasteiger partial charge is 0.127 e. The summed E-state index contributed by atoms with van der Waals surface area (Å²) in [6.45, 7) is 16.5. The Morgan fingerprint density at radius 3 is 2.67 bits per heavy atom. The van der Waals surface area contributed by atoms with Crippen LogP contribution in [0.5, 0.6) is 0 Å². The Kier molecular flexibility index (Phi) is 7.62. The van der Waals surface area contributed by atoms with Crippen molar-refractivity contribution in [3.05, 3.63) is 47.3 Å². The second-order valence-corrected chi connectivity index (χ2v) is 6.21. The van der Waals surface area contributed by atoms with Gasteiger partial charge in [-0.1, -0.05) is 45.1 Å². The van der Waals surface area contributed by atoms with Crippen LogP contribution < -0.4 is 5.32 Å². The maximum Gasteiger partial charge on any atom is 0.127 e. The first-order valence-electron chi connectivity index (χ1n) is 7.77. The molecular weight excluding hydrogens is 263 g/mol. The van der Waals surface area contributed by atoms with Gasteiger partial charge in [0.2, 0.25) is 0 Å². The number of nitrogens with one attached hydrogen (secondary N) is 1. The van der Waals surface area contributed by atoms with Crippen molar-refractivity contribution < 1.29 is 4.39 Å². The molecule has 0 heterocycles. The lowest BCUT2D eigenvalue weighted by Crippen LogP contribution is -2.25. The van der Waals surface area contributed by atoms with Crippen LogP contribution in [0.15, 0.2) is 30.4 Å². The molecule has 0 fully saturated rings. The molecule has 118 valence electrons. The van der Waals surface area contributed by atoms with E-state index in [9.17, 15) is 4.39 Å². The Balaban J connectivity index is 2.70. The number of hydrogen-bond acceptors (Lipinski definition) is 2. The Morgan fingerprint density at radius 2 is 2.10 bits per heavy atom. The fourth-order valence-electron chi connectivity index (χ4n) is 2.27. The molecule has 1 rings (SSSR count). The van der Waals surface area contributed by atoms with Gasteiger partial charge in [0.05, 0.1) is 0 Å². The highest BCUT2D eigenvalue weighted by molar-refractivity contribution is 5.25. The number of hydrogen-bond donors (Lipinski definition) is 1. The highest BCUT2D eigenvalue weighted by Crippen LogP contribution is 2.14. The molecule has 0 amide bonds. The molecule has 0 unspecified atom stereocenters. The van der Waals surface area contributed by atoms with Gasteiger partial charge in [0.15, 0.2) is 0 Å². The SMILES string of the molecule is C=C(C)CN(CC)Cc1cc(CNCC(C)C)ccc1F. The van der Waals surface area contributed by atoms with Crippen molar-refractivity contribution in [1.29, 1.82) is 0 Å². The Hall–Kier alpha value is -1.19. The topological polar surface area (TPSA) is 15.3 Å². The van der Waals surface area contributed by atoms with Crippen LogP contribution in [0.1, 0.15) is 38.8 Å². The lowest BCUT2D eigenvalue weighted by molar-refractivity contribution is 0.299. The summed E-state index contributed by atoms with van der Waals surface area (Å²) >= 11 is 0. The van der Waals surface area contributed by atoms with Crippen molar-refractivity contribution in [2.75, 3.05) is 19.6 Å². The van der Waals surface area contributed by atoms with E-state index in [4.69, 9.17) is 0 Å². The van der Waals surface area contributed by atoms with Crippen LogP contribution in [0.25, 0.3) is 0 Å². The molecule has 0 aromatic heterocycles. The minimum Gasteiger partial charge on any atom is -0.312 e. The molecule has 0 aliphatic carbocycles. The van der Waals surface area contributed by atoms with E-state index in [1.54, 1.807) is 6.07 Å².